The van der Waals surface area contributed by atoms with Crippen LogP contribution in [0.15, 0.2) is 34.8 Å². The lowest BCUT2D eigenvalue weighted by atomic mass is 9.83. The maximum Gasteiger partial charge on any atom is 0.225 e. The summed E-state index contributed by atoms with van der Waals surface area (Å²) in [7, 11) is 0. The first-order valence-electron chi connectivity index (χ1n) is 6.81. The molecule has 1 amide bonds. The second-order valence-corrected chi connectivity index (χ2v) is 6.41. The van der Waals surface area contributed by atoms with Gasteiger partial charge in [-0.2, -0.15) is 0 Å². The fourth-order valence-electron chi connectivity index (χ4n) is 2.79. The van der Waals surface area contributed by atoms with Crippen LogP contribution in [0.5, 0.6) is 0 Å². The summed E-state index contributed by atoms with van der Waals surface area (Å²) in [5, 5.41) is 2.89. The molecule has 21 heavy (non-hydrogen) atoms. The van der Waals surface area contributed by atoms with E-state index >= 15 is 0 Å². The number of rotatable bonds is 1. The minimum Gasteiger partial charge on any atom is -0.326 e. The average Bonchev–Trinajstić information content (AvgIpc) is 2.43. The summed E-state index contributed by atoms with van der Waals surface area (Å²) in [4.78, 5) is 12.0. The molecule has 1 aliphatic heterocycles. The number of hydrogen-bond acceptors (Lipinski definition) is 1. The van der Waals surface area contributed by atoms with Crippen molar-refractivity contribution in [3.05, 3.63) is 62.9 Å². The zero-order valence-electron chi connectivity index (χ0n) is 11.8. The van der Waals surface area contributed by atoms with Crippen molar-refractivity contribution in [1.29, 1.82) is 0 Å². The first-order chi connectivity index (χ1) is 9.95. The largest absolute Gasteiger partial charge is 0.326 e. The van der Waals surface area contributed by atoms with Crippen LogP contribution in [-0.2, 0) is 4.79 Å². The summed E-state index contributed by atoms with van der Waals surface area (Å²) >= 11 is 3.38. The lowest BCUT2D eigenvalue weighted by molar-refractivity contribution is -0.116. The van der Waals surface area contributed by atoms with E-state index < -0.39 is 0 Å². The number of carbonyl (C=O) groups is 1. The molecule has 0 saturated carbocycles. The number of amides is 1. The monoisotopic (exact) mass is 347 g/mol. The third kappa shape index (κ3) is 2.60. The van der Waals surface area contributed by atoms with Crippen LogP contribution in [0.3, 0.4) is 0 Å². The number of carbonyl (C=O) groups excluding carboxylic acids is 1. The number of halogens is 2. The standard InChI is InChI=1S/C17H15BrFNO/c1-9-5-14-12(13-7-11(18)3-4-15(13)19)8-17(21)20-16(14)6-10(9)2/h3-7,12H,8H2,1-2H3,(H,20,21)/t12-/m0/s1. The molecular weight excluding hydrogens is 333 g/mol. The van der Waals surface area contributed by atoms with Gasteiger partial charge in [-0.15, -0.1) is 0 Å². The molecule has 2 nitrogen and oxygen atoms in total. The van der Waals surface area contributed by atoms with Crippen molar-refractivity contribution in [1.82, 2.24) is 0 Å². The molecule has 3 rings (SSSR count). The van der Waals surface area contributed by atoms with Crippen LogP contribution < -0.4 is 5.32 Å². The number of aryl methyl sites for hydroxylation is 2. The number of benzene rings is 2. The summed E-state index contributed by atoms with van der Waals surface area (Å²) in [6, 6.07) is 8.88. The van der Waals surface area contributed by atoms with Crippen LogP contribution >= 0.6 is 15.9 Å². The average molecular weight is 348 g/mol. The Morgan fingerprint density at radius 3 is 2.62 bits per heavy atom. The van der Waals surface area contributed by atoms with Crippen molar-refractivity contribution in [3.8, 4) is 0 Å². The molecule has 0 fully saturated rings. The number of hydrogen-bond donors (Lipinski definition) is 1. The van der Waals surface area contributed by atoms with Gasteiger partial charge in [0, 0.05) is 22.5 Å². The molecule has 0 radical (unpaired) electrons. The van der Waals surface area contributed by atoms with Gasteiger partial charge in [0.05, 0.1) is 0 Å². The van der Waals surface area contributed by atoms with E-state index in [1.54, 1.807) is 12.1 Å². The lowest BCUT2D eigenvalue weighted by Crippen LogP contribution is -2.24. The van der Waals surface area contributed by atoms with Crippen molar-refractivity contribution < 1.29 is 9.18 Å². The number of fused-ring (bicyclic) bond motifs is 1. The van der Waals surface area contributed by atoms with Gasteiger partial charge in [0.2, 0.25) is 5.91 Å². The van der Waals surface area contributed by atoms with E-state index in [2.05, 4.69) is 27.3 Å². The van der Waals surface area contributed by atoms with E-state index in [1.165, 1.54) is 6.07 Å². The molecule has 0 aromatic heterocycles. The van der Waals surface area contributed by atoms with Crippen molar-refractivity contribution in [2.24, 2.45) is 0 Å². The van der Waals surface area contributed by atoms with E-state index in [9.17, 15) is 9.18 Å². The van der Waals surface area contributed by atoms with Gasteiger partial charge in [-0.05, 0) is 60.4 Å². The van der Waals surface area contributed by atoms with E-state index in [0.717, 1.165) is 26.9 Å². The lowest BCUT2D eigenvalue weighted by Gasteiger charge is -2.27. The Morgan fingerprint density at radius 1 is 1.14 bits per heavy atom. The Labute approximate surface area is 131 Å². The number of nitrogens with one attached hydrogen (secondary N) is 1. The molecule has 1 atom stereocenters. The van der Waals surface area contributed by atoms with Crippen LogP contribution in [0.4, 0.5) is 10.1 Å². The molecule has 4 heteroatoms. The Morgan fingerprint density at radius 2 is 1.86 bits per heavy atom. The van der Waals surface area contributed by atoms with Gasteiger partial charge >= 0.3 is 0 Å². The third-order valence-electron chi connectivity index (χ3n) is 4.04. The minimum atomic E-state index is -0.276. The van der Waals surface area contributed by atoms with Crippen LogP contribution in [0.1, 0.15) is 34.6 Å². The van der Waals surface area contributed by atoms with Crippen molar-refractivity contribution in [2.75, 3.05) is 5.32 Å². The van der Waals surface area contributed by atoms with E-state index in [-0.39, 0.29) is 24.1 Å². The van der Waals surface area contributed by atoms with E-state index in [4.69, 9.17) is 0 Å². The molecule has 0 unspecified atom stereocenters. The molecule has 1 heterocycles. The smallest absolute Gasteiger partial charge is 0.225 e. The first-order valence-corrected chi connectivity index (χ1v) is 7.61. The highest BCUT2D eigenvalue weighted by Gasteiger charge is 2.29. The summed E-state index contributed by atoms with van der Waals surface area (Å²) < 4.78 is 15.0. The highest BCUT2D eigenvalue weighted by molar-refractivity contribution is 9.10. The molecule has 1 aliphatic rings. The summed E-state index contributed by atoms with van der Waals surface area (Å²) in [5.41, 5.74) is 4.59. The van der Waals surface area contributed by atoms with Crippen molar-refractivity contribution in [3.63, 3.8) is 0 Å². The summed E-state index contributed by atoms with van der Waals surface area (Å²) in [5.74, 6) is -0.595. The second-order valence-electron chi connectivity index (χ2n) is 5.49. The Balaban J connectivity index is 2.19. The Kier molecular flexibility index (Phi) is 3.57. The first kappa shape index (κ1) is 14.3. The van der Waals surface area contributed by atoms with Crippen LogP contribution in [0, 0.1) is 19.7 Å². The normalized spacial score (nSPS) is 17.3. The molecule has 2 aromatic carbocycles. The van der Waals surface area contributed by atoms with Gasteiger partial charge in [-0.25, -0.2) is 4.39 Å². The fourth-order valence-corrected chi connectivity index (χ4v) is 3.17. The van der Waals surface area contributed by atoms with Gasteiger partial charge in [0.15, 0.2) is 0 Å². The zero-order chi connectivity index (χ0) is 15.1. The third-order valence-corrected chi connectivity index (χ3v) is 4.53. The molecule has 0 saturated heterocycles. The summed E-state index contributed by atoms with van der Waals surface area (Å²) in [6.45, 7) is 4.03. The molecule has 2 aromatic rings. The van der Waals surface area contributed by atoms with Crippen LogP contribution in [0.2, 0.25) is 0 Å². The van der Waals surface area contributed by atoms with Gasteiger partial charge in [0.1, 0.15) is 5.82 Å². The molecule has 0 spiro atoms. The SMILES string of the molecule is Cc1cc2c(cc1C)[C@H](c1cc(Br)ccc1F)CC(=O)N2. The van der Waals surface area contributed by atoms with Crippen molar-refractivity contribution >= 4 is 27.5 Å². The predicted molar refractivity (Wildman–Crippen MR) is 85.1 cm³/mol. The molecule has 0 bridgehead atoms. The van der Waals surface area contributed by atoms with Gasteiger partial charge in [-0.3, -0.25) is 4.79 Å². The van der Waals surface area contributed by atoms with Gasteiger partial charge in [-0.1, -0.05) is 22.0 Å². The topological polar surface area (TPSA) is 29.1 Å². The fraction of sp³-hybridized carbons (Fsp3) is 0.235. The zero-order valence-corrected chi connectivity index (χ0v) is 13.4. The summed E-state index contributed by atoms with van der Waals surface area (Å²) in [6.07, 6.45) is 0.267. The highest BCUT2D eigenvalue weighted by atomic mass is 79.9. The van der Waals surface area contributed by atoms with E-state index in [0.29, 0.717) is 5.56 Å². The van der Waals surface area contributed by atoms with Gasteiger partial charge < -0.3 is 5.32 Å². The predicted octanol–water partition coefficient (Wildman–Crippen LogP) is 4.68. The molecule has 1 N–H and O–H groups in total. The second kappa shape index (κ2) is 5.26. The van der Waals surface area contributed by atoms with E-state index in [1.807, 2.05) is 19.9 Å². The molecule has 108 valence electrons. The quantitative estimate of drug-likeness (QED) is 0.797. The van der Waals surface area contributed by atoms with Crippen molar-refractivity contribution in [2.45, 2.75) is 26.2 Å². The Hall–Kier alpha value is -1.68. The van der Waals surface area contributed by atoms with Gasteiger partial charge in [0.25, 0.3) is 0 Å². The maximum absolute atomic E-state index is 14.2. The minimum absolute atomic E-state index is 0.0740. The molecule has 0 aliphatic carbocycles. The Bertz CT molecular complexity index is 742. The molecular formula is C17H15BrFNO. The maximum atomic E-state index is 14.2. The van der Waals surface area contributed by atoms with Crippen LogP contribution in [-0.4, -0.2) is 5.91 Å². The van der Waals surface area contributed by atoms with Crippen LogP contribution in [0.25, 0.3) is 0 Å². The highest BCUT2D eigenvalue weighted by Crippen LogP contribution is 2.40. The number of anilines is 1.